The molecular weight excluding hydrogens is 288 g/mol. The van der Waals surface area contributed by atoms with Gasteiger partial charge in [0.15, 0.2) is 0 Å². The van der Waals surface area contributed by atoms with Crippen molar-refractivity contribution in [3.63, 3.8) is 0 Å². The lowest BCUT2D eigenvalue weighted by Crippen LogP contribution is -2.50. The smallest absolute Gasteiger partial charge is 0.0596 e. The van der Waals surface area contributed by atoms with Crippen LogP contribution in [0.4, 0.5) is 0 Å². The second-order valence-electron chi connectivity index (χ2n) is 8.17. The van der Waals surface area contributed by atoms with Crippen molar-refractivity contribution in [2.75, 3.05) is 6.67 Å². The third-order valence-electron chi connectivity index (χ3n) is 5.27. The van der Waals surface area contributed by atoms with Gasteiger partial charge in [0.25, 0.3) is 0 Å². The Morgan fingerprint density at radius 1 is 1.22 bits per heavy atom. The van der Waals surface area contributed by atoms with E-state index in [4.69, 9.17) is 4.74 Å². The van der Waals surface area contributed by atoms with Gasteiger partial charge < -0.3 is 15.2 Å². The van der Waals surface area contributed by atoms with E-state index >= 15 is 0 Å². The third-order valence-corrected chi connectivity index (χ3v) is 5.27. The lowest BCUT2D eigenvalue weighted by Gasteiger charge is -2.36. The summed E-state index contributed by atoms with van der Waals surface area (Å²) in [6.07, 6.45) is 3.41. The molecule has 1 aliphatic carbocycles. The third kappa shape index (κ3) is 6.00. The average Bonchev–Trinajstić information content (AvgIpc) is 3.09. The highest BCUT2D eigenvalue weighted by molar-refractivity contribution is 5.11. The van der Waals surface area contributed by atoms with Crippen molar-refractivity contribution < 1.29 is 9.84 Å². The Labute approximate surface area is 144 Å². The van der Waals surface area contributed by atoms with E-state index in [0.29, 0.717) is 24.1 Å². The number of nitrogens with one attached hydrogen (secondary N) is 1. The second kappa shape index (κ2) is 8.80. The molecule has 0 amide bonds. The maximum absolute atomic E-state index is 9.63. The molecule has 23 heavy (non-hydrogen) atoms. The number of rotatable bonds is 11. The molecule has 0 heterocycles. The quantitative estimate of drug-likeness (QED) is 0.571. The molecule has 0 saturated heterocycles. The van der Waals surface area contributed by atoms with Gasteiger partial charge in [0, 0.05) is 30.2 Å². The van der Waals surface area contributed by atoms with Gasteiger partial charge in [-0.05, 0) is 67.7 Å². The minimum Gasteiger partial charge on any atom is -0.393 e. The molecule has 2 N–H and O–H groups in total. The molecule has 1 aliphatic rings. The fourth-order valence-electron chi connectivity index (χ4n) is 3.90. The van der Waals surface area contributed by atoms with Crippen LogP contribution in [-0.2, 0) is 4.74 Å². The van der Waals surface area contributed by atoms with Crippen molar-refractivity contribution >= 4 is 0 Å². The Hall–Kier alpha value is -0.160. The molecule has 0 spiro atoms. The van der Waals surface area contributed by atoms with Crippen molar-refractivity contribution in [1.29, 1.82) is 0 Å². The number of hydrogen-bond acceptors (Lipinski definition) is 4. The van der Waals surface area contributed by atoms with Crippen LogP contribution in [0.15, 0.2) is 0 Å². The summed E-state index contributed by atoms with van der Waals surface area (Å²) in [6, 6.07) is 0.870. The van der Waals surface area contributed by atoms with E-state index in [0.717, 1.165) is 19.5 Å². The van der Waals surface area contributed by atoms with E-state index in [-0.39, 0.29) is 17.7 Å². The van der Waals surface area contributed by atoms with Crippen LogP contribution in [-0.4, -0.2) is 52.6 Å². The molecule has 0 aromatic heterocycles. The largest absolute Gasteiger partial charge is 0.393 e. The summed E-state index contributed by atoms with van der Waals surface area (Å²) < 4.78 is 6.02. The van der Waals surface area contributed by atoms with Crippen molar-refractivity contribution in [2.45, 2.75) is 111 Å². The molecule has 0 radical (unpaired) electrons. The number of aliphatic hydroxyl groups is 1. The normalized spacial score (nSPS) is 28.4. The van der Waals surface area contributed by atoms with Crippen LogP contribution in [0.5, 0.6) is 0 Å². The van der Waals surface area contributed by atoms with Gasteiger partial charge in [0.1, 0.15) is 0 Å². The lowest BCUT2D eigenvalue weighted by molar-refractivity contribution is -0.0101. The average molecular weight is 329 g/mol. The van der Waals surface area contributed by atoms with E-state index in [9.17, 15) is 5.11 Å². The maximum Gasteiger partial charge on any atom is 0.0596 e. The fourth-order valence-corrected chi connectivity index (χ4v) is 3.90. The van der Waals surface area contributed by atoms with Crippen molar-refractivity contribution in [3.05, 3.63) is 0 Å². The number of ether oxygens (including phenoxy) is 1. The SMILES string of the molecule is CCC(CC(C)O)NCN(C(C)C)C1(C)CC1C(C)OC(C)C. The first kappa shape index (κ1) is 20.9. The molecule has 0 bridgehead atoms. The zero-order chi connectivity index (χ0) is 17.8. The Bertz CT molecular complexity index is 346. The molecule has 1 rings (SSSR count). The predicted molar refractivity (Wildman–Crippen MR) is 97.5 cm³/mol. The van der Waals surface area contributed by atoms with Crippen LogP contribution >= 0.6 is 0 Å². The highest BCUT2D eigenvalue weighted by atomic mass is 16.5. The number of hydrogen-bond donors (Lipinski definition) is 2. The first-order chi connectivity index (χ1) is 10.6. The van der Waals surface area contributed by atoms with Gasteiger partial charge in [-0.2, -0.15) is 0 Å². The Morgan fingerprint density at radius 3 is 2.26 bits per heavy atom. The molecule has 5 unspecified atom stereocenters. The van der Waals surface area contributed by atoms with Gasteiger partial charge in [-0.3, -0.25) is 4.90 Å². The van der Waals surface area contributed by atoms with Gasteiger partial charge in [0.05, 0.1) is 18.3 Å². The van der Waals surface area contributed by atoms with Gasteiger partial charge in [-0.1, -0.05) is 6.92 Å². The van der Waals surface area contributed by atoms with Crippen LogP contribution in [0.1, 0.15) is 74.7 Å². The minimum atomic E-state index is -0.247. The van der Waals surface area contributed by atoms with Gasteiger partial charge in [-0.15, -0.1) is 0 Å². The van der Waals surface area contributed by atoms with Crippen molar-refractivity contribution in [2.24, 2.45) is 5.92 Å². The summed E-state index contributed by atoms with van der Waals surface area (Å²) in [5, 5.41) is 13.3. The molecule has 138 valence electrons. The molecule has 0 aromatic carbocycles. The highest BCUT2D eigenvalue weighted by Gasteiger charge is 2.57. The van der Waals surface area contributed by atoms with E-state index in [1.807, 2.05) is 6.92 Å². The molecule has 1 saturated carbocycles. The molecule has 0 aliphatic heterocycles. The first-order valence-electron chi connectivity index (χ1n) is 9.45. The van der Waals surface area contributed by atoms with Crippen LogP contribution in [0.3, 0.4) is 0 Å². The van der Waals surface area contributed by atoms with Gasteiger partial charge in [0.2, 0.25) is 0 Å². The molecule has 1 fully saturated rings. The molecular formula is C19H40N2O2. The summed E-state index contributed by atoms with van der Waals surface area (Å²) in [6.45, 7) is 18.3. The predicted octanol–water partition coefficient (Wildman–Crippen LogP) is 3.39. The van der Waals surface area contributed by atoms with Crippen LogP contribution in [0, 0.1) is 5.92 Å². The summed E-state index contributed by atoms with van der Waals surface area (Å²) in [5.41, 5.74) is 0.221. The Kier molecular flexibility index (Phi) is 7.99. The topological polar surface area (TPSA) is 44.7 Å². The van der Waals surface area contributed by atoms with Crippen LogP contribution in [0.25, 0.3) is 0 Å². The van der Waals surface area contributed by atoms with Gasteiger partial charge >= 0.3 is 0 Å². The minimum absolute atomic E-state index is 0.221. The summed E-state index contributed by atoms with van der Waals surface area (Å²) in [4.78, 5) is 2.57. The molecule has 5 atom stereocenters. The lowest BCUT2D eigenvalue weighted by atomic mass is 10.1. The summed E-state index contributed by atoms with van der Waals surface area (Å²) in [7, 11) is 0. The number of nitrogens with zero attached hydrogens (tertiary/aromatic N) is 1. The summed E-state index contributed by atoms with van der Waals surface area (Å²) in [5.74, 6) is 0.603. The molecule has 4 heteroatoms. The molecule has 4 nitrogen and oxygen atoms in total. The first-order valence-corrected chi connectivity index (χ1v) is 9.45. The van der Waals surface area contributed by atoms with Crippen molar-refractivity contribution in [1.82, 2.24) is 10.2 Å². The Morgan fingerprint density at radius 2 is 1.83 bits per heavy atom. The van der Waals surface area contributed by atoms with Gasteiger partial charge in [-0.25, -0.2) is 0 Å². The zero-order valence-electron chi connectivity index (χ0n) is 16.6. The second-order valence-corrected chi connectivity index (χ2v) is 8.17. The van der Waals surface area contributed by atoms with E-state index < -0.39 is 0 Å². The van der Waals surface area contributed by atoms with E-state index in [1.54, 1.807) is 0 Å². The van der Waals surface area contributed by atoms with Crippen molar-refractivity contribution in [3.8, 4) is 0 Å². The monoisotopic (exact) mass is 328 g/mol. The standard InChI is InChI=1S/C19H40N2O2/c1-9-17(10-15(6)22)20-12-21(13(2)3)19(8)11-18(19)16(7)23-14(4)5/h13-18,20,22H,9-12H2,1-8H3. The maximum atomic E-state index is 9.63. The number of aliphatic hydroxyl groups excluding tert-OH is 1. The van der Waals surface area contributed by atoms with Crippen LogP contribution < -0.4 is 5.32 Å². The zero-order valence-corrected chi connectivity index (χ0v) is 16.6. The summed E-state index contributed by atoms with van der Waals surface area (Å²) >= 11 is 0. The highest BCUT2D eigenvalue weighted by Crippen LogP contribution is 2.51. The van der Waals surface area contributed by atoms with Crippen LogP contribution in [0.2, 0.25) is 0 Å². The Balaban J connectivity index is 2.62. The van der Waals surface area contributed by atoms with E-state index in [2.05, 4.69) is 58.7 Å². The molecule has 0 aromatic rings. The fraction of sp³-hybridized carbons (Fsp3) is 1.00. The van der Waals surface area contributed by atoms with E-state index in [1.165, 1.54) is 6.42 Å².